The summed E-state index contributed by atoms with van der Waals surface area (Å²) in [6.07, 6.45) is 13.0. The zero-order valence-corrected chi connectivity index (χ0v) is 21.5. The molecule has 4 fully saturated rings. The molecule has 0 amide bonds. The number of aromatic nitrogens is 1. The maximum Gasteiger partial charge on any atom is 0.0975 e. The molecular formula is C31H37N3O3. The van der Waals surface area contributed by atoms with Crippen molar-refractivity contribution in [2.45, 2.75) is 86.9 Å². The maximum absolute atomic E-state index is 11.6. The molecule has 0 radical (unpaired) electrons. The molecule has 2 saturated heterocycles. The summed E-state index contributed by atoms with van der Waals surface area (Å²) in [5.41, 5.74) is 9.15. The van der Waals surface area contributed by atoms with Gasteiger partial charge in [0.25, 0.3) is 0 Å². The second-order valence-corrected chi connectivity index (χ2v) is 13.1. The van der Waals surface area contributed by atoms with Crippen LogP contribution < -0.4 is 5.73 Å². The minimum absolute atomic E-state index is 0.0586. The fraction of sp³-hybridized carbons (Fsp3) is 0.581. The first-order chi connectivity index (χ1) is 17.8. The molecule has 6 aliphatic rings. The van der Waals surface area contributed by atoms with E-state index in [9.17, 15) is 10.2 Å². The number of aliphatic hydroxyl groups is 2. The molecule has 2 aromatic rings. The Kier molecular flexibility index (Phi) is 4.64. The summed E-state index contributed by atoms with van der Waals surface area (Å²) in [6, 6.07) is 9.00. The zero-order chi connectivity index (χ0) is 25.2. The van der Waals surface area contributed by atoms with Crippen molar-refractivity contribution in [2.24, 2.45) is 17.1 Å². The van der Waals surface area contributed by atoms with Crippen LogP contribution in [0.15, 0.2) is 60.0 Å². The largest absolute Gasteiger partial charge is 0.392 e. The van der Waals surface area contributed by atoms with Crippen molar-refractivity contribution in [3.63, 3.8) is 0 Å². The molecule has 6 heteroatoms. The van der Waals surface area contributed by atoms with Crippen molar-refractivity contribution in [3.8, 4) is 0 Å². The fourth-order valence-electron chi connectivity index (χ4n) is 9.46. The number of likely N-dealkylation sites (tertiary alicyclic amines) is 1. The van der Waals surface area contributed by atoms with E-state index in [4.69, 9.17) is 10.5 Å². The van der Waals surface area contributed by atoms with Crippen molar-refractivity contribution < 1.29 is 14.9 Å². The molecule has 1 aromatic heterocycles. The highest BCUT2D eigenvalue weighted by Crippen LogP contribution is 2.69. The lowest BCUT2D eigenvalue weighted by atomic mass is 9.58. The molecule has 8 atom stereocenters. The monoisotopic (exact) mass is 499 g/mol. The van der Waals surface area contributed by atoms with E-state index in [0.29, 0.717) is 6.42 Å². The predicted octanol–water partition coefficient (Wildman–Crippen LogP) is 3.43. The van der Waals surface area contributed by atoms with Crippen LogP contribution >= 0.6 is 0 Å². The van der Waals surface area contributed by atoms with Gasteiger partial charge in [0.2, 0.25) is 0 Å². The minimum Gasteiger partial charge on any atom is -0.392 e. The van der Waals surface area contributed by atoms with E-state index in [1.807, 2.05) is 18.5 Å². The Morgan fingerprint density at radius 2 is 1.97 bits per heavy atom. The van der Waals surface area contributed by atoms with Crippen LogP contribution in [0.3, 0.4) is 0 Å². The quantitative estimate of drug-likeness (QED) is 0.587. The number of nitrogens with zero attached hydrogens (tertiary/aromatic N) is 2. The number of ether oxygens (including phenoxy) is 1. The summed E-state index contributed by atoms with van der Waals surface area (Å²) in [5, 5.41) is 25.0. The molecular weight excluding hydrogens is 462 g/mol. The summed E-state index contributed by atoms with van der Waals surface area (Å²) < 4.78 is 7.36. The summed E-state index contributed by atoms with van der Waals surface area (Å²) in [7, 11) is 0. The number of fused-ring (bicyclic) bond motifs is 2. The molecule has 37 heavy (non-hydrogen) atoms. The Morgan fingerprint density at radius 3 is 2.81 bits per heavy atom. The molecule has 3 aliphatic carbocycles. The van der Waals surface area contributed by atoms with Gasteiger partial charge in [-0.2, -0.15) is 0 Å². The van der Waals surface area contributed by atoms with Gasteiger partial charge in [-0.25, -0.2) is 0 Å². The third-order valence-corrected chi connectivity index (χ3v) is 11.2. The van der Waals surface area contributed by atoms with Crippen LogP contribution in [0.25, 0.3) is 10.8 Å². The minimum atomic E-state index is -0.403. The second kappa shape index (κ2) is 7.51. The van der Waals surface area contributed by atoms with Crippen LogP contribution in [0.4, 0.5) is 0 Å². The number of hydrogen-bond donors (Lipinski definition) is 3. The normalized spacial score (nSPS) is 45.0. The van der Waals surface area contributed by atoms with E-state index in [0.717, 1.165) is 50.6 Å². The summed E-state index contributed by atoms with van der Waals surface area (Å²) in [6.45, 7) is 4.11. The van der Waals surface area contributed by atoms with Crippen LogP contribution in [0.2, 0.25) is 0 Å². The second-order valence-electron chi connectivity index (χ2n) is 13.1. The molecule has 1 unspecified atom stereocenters. The molecule has 4 heterocycles. The van der Waals surface area contributed by atoms with Crippen LogP contribution in [0.5, 0.6) is 0 Å². The summed E-state index contributed by atoms with van der Waals surface area (Å²) in [5.74, 6) is 0.313. The van der Waals surface area contributed by atoms with Gasteiger partial charge in [0.15, 0.2) is 0 Å². The molecule has 2 spiro atoms. The van der Waals surface area contributed by atoms with E-state index >= 15 is 0 Å². The van der Waals surface area contributed by atoms with E-state index in [2.05, 4.69) is 47.2 Å². The van der Waals surface area contributed by atoms with Crippen LogP contribution in [-0.4, -0.2) is 68.7 Å². The lowest BCUT2D eigenvalue weighted by Crippen LogP contribution is -2.65. The highest BCUT2D eigenvalue weighted by atomic mass is 16.5. The number of pyridine rings is 1. The number of benzene rings is 1. The number of nitrogens with two attached hydrogens (primary N) is 1. The number of aliphatic hydroxyl groups excluding tert-OH is 2. The zero-order valence-electron chi connectivity index (χ0n) is 21.5. The number of hydrogen-bond acceptors (Lipinski definition) is 6. The molecule has 2 bridgehead atoms. The Hall–Kier alpha value is -2.09. The van der Waals surface area contributed by atoms with Crippen molar-refractivity contribution in [2.75, 3.05) is 13.1 Å². The van der Waals surface area contributed by atoms with Crippen LogP contribution in [0.1, 0.15) is 56.9 Å². The summed E-state index contributed by atoms with van der Waals surface area (Å²) >= 11 is 0. The van der Waals surface area contributed by atoms with Crippen molar-refractivity contribution >= 4 is 10.8 Å². The van der Waals surface area contributed by atoms with E-state index in [1.165, 1.54) is 22.1 Å². The molecule has 1 aromatic carbocycles. The number of allylic oxidation sites excluding steroid dienone is 1. The molecule has 3 aliphatic heterocycles. The van der Waals surface area contributed by atoms with Gasteiger partial charge in [-0.15, -0.1) is 0 Å². The van der Waals surface area contributed by atoms with Crippen molar-refractivity contribution in [3.05, 3.63) is 65.5 Å². The third kappa shape index (κ3) is 2.97. The van der Waals surface area contributed by atoms with E-state index < -0.39 is 6.10 Å². The van der Waals surface area contributed by atoms with Crippen LogP contribution in [-0.2, 0) is 4.74 Å². The highest BCUT2D eigenvalue weighted by Gasteiger charge is 2.68. The van der Waals surface area contributed by atoms with Gasteiger partial charge in [0.1, 0.15) is 0 Å². The van der Waals surface area contributed by atoms with Gasteiger partial charge < -0.3 is 20.7 Å². The number of rotatable bonds is 2. The predicted molar refractivity (Wildman–Crippen MR) is 142 cm³/mol. The average Bonchev–Trinajstić information content (AvgIpc) is 3.33. The third-order valence-electron chi connectivity index (χ3n) is 11.2. The lowest BCUT2D eigenvalue weighted by molar-refractivity contribution is -0.155. The summed E-state index contributed by atoms with van der Waals surface area (Å²) in [4.78, 5) is 6.69. The molecule has 6 nitrogen and oxygen atoms in total. The van der Waals surface area contributed by atoms with Crippen molar-refractivity contribution in [1.29, 1.82) is 0 Å². The SMILES string of the molecule is C[C@]12CC=C3C=C4C[C@@H](O)[C@@H](N5CC(N)C5)C[C@]45CCC3(O5)[C@@H]1C[C@@H](O)[C@@H]2c1ccc2ccncc2c1. The smallest absolute Gasteiger partial charge is 0.0975 e. The first-order valence-corrected chi connectivity index (χ1v) is 14.1. The van der Waals surface area contributed by atoms with Crippen LogP contribution in [0, 0.1) is 11.3 Å². The van der Waals surface area contributed by atoms with Gasteiger partial charge in [0.05, 0.1) is 23.4 Å². The Morgan fingerprint density at radius 1 is 1.11 bits per heavy atom. The standard InChI is InChI=1S/C31H37N3O3/c1-29-6-4-21-11-22-12-25(35)24(34-16-23(32)17-34)14-30(22)7-8-31(21,37-30)27(29)13-26(36)28(29)19-3-2-18-5-9-33-15-20(18)10-19/h2-5,9-11,15,23-28,35-36H,6-8,12-14,16-17,32H2,1H3/t24-,25+,26+,27+,28-,29-,30+,31?/m0/s1. The lowest BCUT2D eigenvalue weighted by Gasteiger charge is -2.56. The molecule has 4 N–H and O–H groups in total. The van der Waals surface area contributed by atoms with Crippen molar-refractivity contribution in [1.82, 2.24) is 9.88 Å². The Balaban J connectivity index is 1.17. The van der Waals surface area contributed by atoms with Gasteiger partial charge in [-0.3, -0.25) is 9.88 Å². The average molecular weight is 500 g/mol. The first kappa shape index (κ1) is 22.9. The van der Waals surface area contributed by atoms with E-state index in [1.54, 1.807) is 0 Å². The molecule has 194 valence electrons. The topological polar surface area (TPSA) is 91.8 Å². The van der Waals surface area contributed by atoms with Gasteiger partial charge >= 0.3 is 0 Å². The molecule has 2 saturated carbocycles. The van der Waals surface area contributed by atoms with Gasteiger partial charge in [0, 0.05) is 54.8 Å². The maximum atomic E-state index is 11.6. The Bertz CT molecular complexity index is 1350. The Labute approximate surface area is 218 Å². The fourth-order valence-corrected chi connectivity index (χ4v) is 9.46. The van der Waals surface area contributed by atoms with Gasteiger partial charge in [-0.05, 0) is 78.2 Å². The molecule has 8 rings (SSSR count). The van der Waals surface area contributed by atoms with E-state index in [-0.39, 0.29) is 46.6 Å². The highest BCUT2D eigenvalue weighted by molar-refractivity contribution is 5.82. The van der Waals surface area contributed by atoms with Gasteiger partial charge in [-0.1, -0.05) is 31.2 Å². The first-order valence-electron chi connectivity index (χ1n) is 14.1.